The molecule has 1 unspecified atom stereocenters. The van der Waals surface area contributed by atoms with Gasteiger partial charge in [-0.25, -0.2) is 4.98 Å². The summed E-state index contributed by atoms with van der Waals surface area (Å²) >= 11 is 7.93. The maximum absolute atomic E-state index is 6.21. The van der Waals surface area contributed by atoms with Crippen LogP contribution < -0.4 is 11.3 Å². The highest BCUT2D eigenvalue weighted by atomic mass is 35.5. The van der Waals surface area contributed by atoms with Crippen molar-refractivity contribution in [3.8, 4) is 0 Å². The summed E-state index contributed by atoms with van der Waals surface area (Å²) in [5.74, 6) is 5.70. The number of hydrogen-bond donors (Lipinski definition) is 2. The van der Waals surface area contributed by atoms with Crippen molar-refractivity contribution in [1.82, 2.24) is 10.4 Å². The zero-order valence-corrected chi connectivity index (χ0v) is 13.0. The van der Waals surface area contributed by atoms with E-state index in [-0.39, 0.29) is 6.04 Å². The number of halogens is 1. The highest BCUT2D eigenvalue weighted by molar-refractivity contribution is 7.18. The van der Waals surface area contributed by atoms with Crippen molar-refractivity contribution in [3.63, 3.8) is 0 Å². The normalized spacial score (nSPS) is 12.7. The van der Waals surface area contributed by atoms with Gasteiger partial charge in [-0.2, -0.15) is 0 Å². The minimum Gasteiger partial charge on any atom is -0.271 e. The van der Waals surface area contributed by atoms with Crippen LogP contribution in [-0.2, 0) is 12.8 Å². The second-order valence-corrected chi connectivity index (χ2v) is 6.46. The fourth-order valence-electron chi connectivity index (χ4n) is 2.34. The smallest absolute Gasteiger partial charge is 0.0954 e. The first kappa shape index (κ1) is 14.5. The summed E-state index contributed by atoms with van der Waals surface area (Å²) in [7, 11) is 0. The number of para-hydroxylation sites is 1. The van der Waals surface area contributed by atoms with Crippen LogP contribution in [0.15, 0.2) is 48.5 Å². The number of aromatic nitrogens is 1. The largest absolute Gasteiger partial charge is 0.271 e. The predicted molar refractivity (Wildman–Crippen MR) is 89.6 cm³/mol. The molecule has 2 aromatic carbocycles. The Hall–Kier alpha value is -1.46. The number of fused-ring (bicyclic) bond motifs is 1. The summed E-state index contributed by atoms with van der Waals surface area (Å²) in [4.78, 5) is 4.65. The number of rotatable bonds is 5. The molecule has 0 spiro atoms. The molecule has 21 heavy (non-hydrogen) atoms. The third-order valence-corrected chi connectivity index (χ3v) is 4.85. The highest BCUT2D eigenvalue weighted by Gasteiger charge is 2.13. The average molecular weight is 318 g/mol. The van der Waals surface area contributed by atoms with E-state index in [4.69, 9.17) is 17.4 Å². The molecule has 3 N–H and O–H groups in total. The zero-order valence-electron chi connectivity index (χ0n) is 11.4. The third-order valence-electron chi connectivity index (χ3n) is 3.42. The minimum atomic E-state index is 0.116. The highest BCUT2D eigenvalue weighted by Crippen LogP contribution is 2.24. The molecule has 0 fully saturated rings. The molecule has 0 amide bonds. The molecule has 1 atom stereocenters. The van der Waals surface area contributed by atoms with Crippen LogP contribution in [0, 0.1) is 0 Å². The number of hydrogen-bond acceptors (Lipinski definition) is 4. The molecule has 0 saturated heterocycles. The topological polar surface area (TPSA) is 50.9 Å². The van der Waals surface area contributed by atoms with E-state index in [9.17, 15) is 0 Å². The Balaban J connectivity index is 1.76. The number of benzene rings is 2. The molecule has 0 aliphatic carbocycles. The molecule has 108 valence electrons. The number of nitrogens with zero attached hydrogens (tertiary/aromatic N) is 1. The number of nitrogens with one attached hydrogen (secondary N) is 1. The zero-order chi connectivity index (χ0) is 14.7. The van der Waals surface area contributed by atoms with Crippen molar-refractivity contribution in [2.24, 2.45) is 5.84 Å². The molecule has 0 aliphatic heterocycles. The van der Waals surface area contributed by atoms with E-state index in [1.165, 1.54) is 4.70 Å². The van der Waals surface area contributed by atoms with Crippen LogP contribution in [-0.4, -0.2) is 11.0 Å². The van der Waals surface area contributed by atoms with Crippen LogP contribution in [0.25, 0.3) is 10.2 Å². The lowest BCUT2D eigenvalue weighted by atomic mass is 10.0. The Morgan fingerprint density at radius 3 is 2.62 bits per heavy atom. The summed E-state index contributed by atoms with van der Waals surface area (Å²) in [6.07, 6.45) is 1.58. The minimum absolute atomic E-state index is 0.116. The average Bonchev–Trinajstić information content (AvgIpc) is 2.91. The fourth-order valence-corrected chi connectivity index (χ4v) is 3.60. The summed E-state index contributed by atoms with van der Waals surface area (Å²) in [6.45, 7) is 0. The van der Waals surface area contributed by atoms with Gasteiger partial charge in [0.05, 0.1) is 15.2 Å². The van der Waals surface area contributed by atoms with Crippen LogP contribution >= 0.6 is 22.9 Å². The van der Waals surface area contributed by atoms with Gasteiger partial charge in [0, 0.05) is 17.5 Å². The lowest BCUT2D eigenvalue weighted by Crippen LogP contribution is -2.38. The van der Waals surface area contributed by atoms with E-state index in [0.717, 1.165) is 34.0 Å². The van der Waals surface area contributed by atoms with Crippen LogP contribution in [0.5, 0.6) is 0 Å². The number of thiazole rings is 1. The second kappa shape index (κ2) is 6.54. The maximum Gasteiger partial charge on any atom is 0.0954 e. The van der Waals surface area contributed by atoms with E-state index in [1.54, 1.807) is 11.3 Å². The molecule has 3 rings (SSSR count). The molecule has 0 saturated carbocycles. The van der Waals surface area contributed by atoms with E-state index < -0.39 is 0 Å². The van der Waals surface area contributed by atoms with Gasteiger partial charge in [-0.1, -0.05) is 41.9 Å². The predicted octanol–water partition coefficient (Wildman–Crippen LogP) is 3.57. The lowest BCUT2D eigenvalue weighted by Gasteiger charge is -2.15. The van der Waals surface area contributed by atoms with Crippen LogP contribution in [0.4, 0.5) is 0 Å². The van der Waals surface area contributed by atoms with Gasteiger partial charge in [0.2, 0.25) is 0 Å². The van der Waals surface area contributed by atoms with Gasteiger partial charge in [0.15, 0.2) is 0 Å². The number of hydrazine groups is 1. The van der Waals surface area contributed by atoms with E-state index in [1.807, 2.05) is 42.5 Å². The molecule has 3 nitrogen and oxygen atoms in total. The Kier molecular flexibility index (Phi) is 4.51. The molecule has 3 aromatic rings. The van der Waals surface area contributed by atoms with E-state index in [2.05, 4.69) is 16.5 Å². The Labute approximate surface area is 132 Å². The summed E-state index contributed by atoms with van der Waals surface area (Å²) in [6, 6.07) is 16.2. The SMILES string of the molecule is NNC(Cc1nc2ccccc2s1)Cc1ccccc1Cl. The van der Waals surface area contributed by atoms with Crippen molar-refractivity contribution in [1.29, 1.82) is 0 Å². The Bertz CT molecular complexity index is 708. The van der Waals surface area contributed by atoms with Gasteiger partial charge in [-0.05, 0) is 30.2 Å². The first-order chi connectivity index (χ1) is 10.3. The van der Waals surface area contributed by atoms with Gasteiger partial charge in [0.25, 0.3) is 0 Å². The standard InChI is InChI=1S/C16H16ClN3S/c17-13-6-2-1-5-11(13)9-12(20-18)10-16-19-14-7-3-4-8-15(14)21-16/h1-8,12,20H,9-10,18H2. The molecule has 0 bridgehead atoms. The Morgan fingerprint density at radius 2 is 1.86 bits per heavy atom. The van der Waals surface area contributed by atoms with Crippen molar-refractivity contribution in [2.45, 2.75) is 18.9 Å². The lowest BCUT2D eigenvalue weighted by molar-refractivity contribution is 0.522. The number of nitrogens with two attached hydrogens (primary N) is 1. The van der Waals surface area contributed by atoms with Gasteiger partial charge in [0.1, 0.15) is 0 Å². The first-order valence-corrected chi connectivity index (χ1v) is 7.99. The molecule has 0 radical (unpaired) electrons. The van der Waals surface area contributed by atoms with Crippen molar-refractivity contribution < 1.29 is 0 Å². The molecule has 1 heterocycles. The van der Waals surface area contributed by atoms with Gasteiger partial charge >= 0.3 is 0 Å². The molecule has 0 aliphatic rings. The van der Waals surface area contributed by atoms with Crippen LogP contribution in [0.3, 0.4) is 0 Å². The van der Waals surface area contributed by atoms with Crippen LogP contribution in [0.1, 0.15) is 10.6 Å². The van der Waals surface area contributed by atoms with Crippen LogP contribution in [0.2, 0.25) is 5.02 Å². The molecule has 1 aromatic heterocycles. The third kappa shape index (κ3) is 3.41. The van der Waals surface area contributed by atoms with Gasteiger partial charge < -0.3 is 0 Å². The summed E-state index contributed by atoms with van der Waals surface area (Å²) < 4.78 is 1.21. The first-order valence-electron chi connectivity index (χ1n) is 6.80. The fraction of sp³-hybridized carbons (Fsp3) is 0.188. The summed E-state index contributed by atoms with van der Waals surface area (Å²) in [5.41, 5.74) is 5.03. The molecular formula is C16H16ClN3S. The second-order valence-electron chi connectivity index (χ2n) is 4.94. The maximum atomic E-state index is 6.21. The Morgan fingerprint density at radius 1 is 1.10 bits per heavy atom. The summed E-state index contributed by atoms with van der Waals surface area (Å²) in [5, 5.41) is 1.87. The van der Waals surface area contributed by atoms with E-state index in [0.29, 0.717) is 0 Å². The molecule has 5 heteroatoms. The van der Waals surface area contributed by atoms with Crippen molar-refractivity contribution >= 4 is 33.2 Å². The molecular weight excluding hydrogens is 302 g/mol. The van der Waals surface area contributed by atoms with Gasteiger partial charge in [-0.15, -0.1) is 11.3 Å². The van der Waals surface area contributed by atoms with Crippen molar-refractivity contribution in [2.75, 3.05) is 0 Å². The van der Waals surface area contributed by atoms with Crippen molar-refractivity contribution in [3.05, 3.63) is 64.1 Å². The quantitative estimate of drug-likeness (QED) is 0.559. The van der Waals surface area contributed by atoms with E-state index >= 15 is 0 Å². The van der Waals surface area contributed by atoms with Gasteiger partial charge in [-0.3, -0.25) is 11.3 Å². The monoisotopic (exact) mass is 317 g/mol.